The van der Waals surface area contributed by atoms with E-state index in [0.29, 0.717) is 0 Å². The average molecular weight is 371 g/mol. The van der Waals surface area contributed by atoms with Crippen molar-refractivity contribution in [2.75, 3.05) is 0 Å². The van der Waals surface area contributed by atoms with Crippen molar-refractivity contribution in [3.63, 3.8) is 0 Å². The molecule has 0 saturated carbocycles. The number of halogens is 1. The van der Waals surface area contributed by atoms with Gasteiger partial charge in [0, 0.05) is 11.1 Å². The van der Waals surface area contributed by atoms with E-state index in [0.717, 1.165) is 0 Å². The van der Waals surface area contributed by atoms with Crippen LogP contribution < -0.4 is 5.19 Å². The lowest BCUT2D eigenvalue weighted by Gasteiger charge is -2.36. The van der Waals surface area contributed by atoms with Gasteiger partial charge >= 0.3 is 0 Å². The van der Waals surface area contributed by atoms with Crippen molar-refractivity contribution in [3.05, 3.63) is 113 Å². The smallest absolute Gasteiger partial charge is 0.159 e. The summed E-state index contributed by atoms with van der Waals surface area (Å²) < 4.78 is 0. The SMILES string of the molecule is Cl[Si](c1ccccc1)(C1C=Cc2ccccc21)C1C=Cc2ccccc21. The molecule has 0 saturated heterocycles. The summed E-state index contributed by atoms with van der Waals surface area (Å²) in [5.74, 6) is 0. The van der Waals surface area contributed by atoms with E-state index >= 15 is 0 Å². The minimum atomic E-state index is -2.46. The molecular weight excluding hydrogens is 352 g/mol. The molecule has 0 amide bonds. The van der Waals surface area contributed by atoms with Crippen LogP contribution in [0.25, 0.3) is 12.2 Å². The van der Waals surface area contributed by atoms with Crippen molar-refractivity contribution in [2.24, 2.45) is 0 Å². The minimum Gasteiger partial charge on any atom is -0.159 e. The lowest BCUT2D eigenvalue weighted by Crippen LogP contribution is -2.52. The molecule has 0 nitrogen and oxygen atoms in total. The molecule has 0 bridgehead atoms. The maximum Gasteiger partial charge on any atom is 0.209 e. The van der Waals surface area contributed by atoms with Crippen molar-refractivity contribution >= 4 is 35.8 Å². The van der Waals surface area contributed by atoms with Gasteiger partial charge in [0.2, 0.25) is 7.38 Å². The van der Waals surface area contributed by atoms with Crippen LogP contribution in [0.15, 0.2) is 91.0 Å². The second-order valence-corrected chi connectivity index (χ2v) is 12.3. The van der Waals surface area contributed by atoms with E-state index in [1.165, 1.54) is 27.4 Å². The van der Waals surface area contributed by atoms with Crippen molar-refractivity contribution < 1.29 is 0 Å². The molecular formula is C24H19ClSi. The molecule has 2 heteroatoms. The number of allylic oxidation sites excluding steroid dienone is 2. The quantitative estimate of drug-likeness (QED) is 0.405. The van der Waals surface area contributed by atoms with Gasteiger partial charge in [-0.25, -0.2) is 0 Å². The fourth-order valence-corrected chi connectivity index (χ4v) is 9.99. The van der Waals surface area contributed by atoms with Crippen LogP contribution in [0.3, 0.4) is 0 Å². The molecule has 0 radical (unpaired) electrons. The summed E-state index contributed by atoms with van der Waals surface area (Å²) in [7, 11) is -2.46. The molecule has 0 fully saturated rings. The molecule has 0 aliphatic heterocycles. The molecule has 2 aliphatic rings. The molecule has 3 aromatic rings. The van der Waals surface area contributed by atoms with Crippen LogP contribution in [0.1, 0.15) is 33.3 Å². The largest absolute Gasteiger partial charge is 0.209 e. The second kappa shape index (κ2) is 6.12. The van der Waals surface area contributed by atoms with Gasteiger partial charge in [-0.15, -0.1) is 0 Å². The Morgan fingerprint density at radius 2 is 1.04 bits per heavy atom. The fourth-order valence-electron chi connectivity index (χ4n) is 4.48. The van der Waals surface area contributed by atoms with Gasteiger partial charge in [0.15, 0.2) is 0 Å². The normalized spacial score (nSPS) is 22.0. The number of benzene rings is 3. The summed E-state index contributed by atoms with van der Waals surface area (Å²) >= 11 is 7.77. The van der Waals surface area contributed by atoms with Gasteiger partial charge in [-0.2, -0.15) is 11.1 Å². The van der Waals surface area contributed by atoms with Crippen LogP contribution in [-0.4, -0.2) is 7.38 Å². The Hall–Kier alpha value is -2.35. The number of rotatable bonds is 3. The summed E-state index contributed by atoms with van der Waals surface area (Å²) in [5.41, 5.74) is 5.89. The standard InChI is InChI=1S/C24H19ClSi/c25-26(20-10-2-1-3-11-20,23-16-14-18-8-4-6-12-21(18)23)24-17-15-19-9-5-7-13-22(19)24/h1-17,23-24H. The third-order valence-electron chi connectivity index (χ3n) is 5.72. The lowest BCUT2D eigenvalue weighted by molar-refractivity contribution is 1.09. The van der Waals surface area contributed by atoms with Crippen LogP contribution in [0.2, 0.25) is 0 Å². The van der Waals surface area contributed by atoms with Gasteiger partial charge in [0.05, 0.1) is 0 Å². The van der Waals surface area contributed by atoms with Crippen molar-refractivity contribution in [2.45, 2.75) is 11.1 Å². The third-order valence-corrected chi connectivity index (χ3v) is 11.8. The van der Waals surface area contributed by atoms with E-state index in [1.807, 2.05) is 0 Å². The Labute approximate surface area is 160 Å². The van der Waals surface area contributed by atoms with E-state index in [4.69, 9.17) is 11.1 Å². The van der Waals surface area contributed by atoms with Gasteiger partial charge in [-0.05, 0) is 27.4 Å². The van der Waals surface area contributed by atoms with E-state index in [9.17, 15) is 0 Å². The molecule has 0 heterocycles. The van der Waals surface area contributed by atoms with Crippen LogP contribution in [0, 0.1) is 0 Å². The highest BCUT2D eigenvalue weighted by Crippen LogP contribution is 2.48. The van der Waals surface area contributed by atoms with E-state index in [-0.39, 0.29) is 11.1 Å². The van der Waals surface area contributed by atoms with Crippen LogP contribution >= 0.6 is 11.1 Å². The topological polar surface area (TPSA) is 0 Å². The van der Waals surface area contributed by atoms with E-state index < -0.39 is 7.38 Å². The van der Waals surface area contributed by atoms with Crippen molar-refractivity contribution in [3.8, 4) is 0 Å². The Morgan fingerprint density at radius 1 is 0.577 bits per heavy atom. The number of hydrogen-bond acceptors (Lipinski definition) is 0. The fraction of sp³-hybridized carbons (Fsp3) is 0.0833. The molecule has 3 aromatic carbocycles. The highest BCUT2D eigenvalue weighted by Gasteiger charge is 2.50. The third kappa shape index (κ3) is 2.28. The monoisotopic (exact) mass is 370 g/mol. The first-order chi connectivity index (χ1) is 12.8. The summed E-state index contributed by atoms with van der Waals surface area (Å²) in [6.07, 6.45) is 9.17. The molecule has 2 aliphatic carbocycles. The Bertz CT molecular complexity index is 958. The zero-order chi connectivity index (χ0) is 17.6. The Kier molecular flexibility index (Phi) is 3.73. The van der Waals surface area contributed by atoms with Crippen LogP contribution in [0.5, 0.6) is 0 Å². The highest BCUT2D eigenvalue weighted by atomic mass is 35.6. The van der Waals surface area contributed by atoms with Gasteiger partial charge in [0.25, 0.3) is 0 Å². The van der Waals surface area contributed by atoms with Gasteiger partial charge < -0.3 is 0 Å². The molecule has 2 atom stereocenters. The predicted molar refractivity (Wildman–Crippen MR) is 114 cm³/mol. The summed E-state index contributed by atoms with van der Waals surface area (Å²) in [6, 6.07) is 28.1. The zero-order valence-corrected chi connectivity index (χ0v) is 16.1. The van der Waals surface area contributed by atoms with Gasteiger partial charge in [0.1, 0.15) is 0 Å². The average Bonchev–Trinajstić information content (AvgIpc) is 3.33. The first kappa shape index (κ1) is 15.9. The Balaban J connectivity index is 1.72. The van der Waals surface area contributed by atoms with E-state index in [1.54, 1.807) is 0 Å². The number of fused-ring (bicyclic) bond motifs is 2. The van der Waals surface area contributed by atoms with Crippen LogP contribution in [-0.2, 0) is 0 Å². The highest BCUT2D eigenvalue weighted by molar-refractivity contribution is 7.29. The molecule has 0 N–H and O–H groups in total. The molecule has 0 spiro atoms. The summed E-state index contributed by atoms with van der Waals surface area (Å²) in [5, 5.41) is 1.30. The minimum absolute atomic E-state index is 0.267. The lowest BCUT2D eigenvalue weighted by atomic mass is 10.1. The first-order valence-electron chi connectivity index (χ1n) is 9.07. The second-order valence-electron chi connectivity index (χ2n) is 7.07. The van der Waals surface area contributed by atoms with Gasteiger partial charge in [-0.3, -0.25) is 0 Å². The van der Waals surface area contributed by atoms with Crippen molar-refractivity contribution in [1.82, 2.24) is 0 Å². The Morgan fingerprint density at radius 3 is 1.58 bits per heavy atom. The zero-order valence-electron chi connectivity index (χ0n) is 14.3. The van der Waals surface area contributed by atoms with E-state index in [2.05, 4.69) is 103 Å². The molecule has 2 unspecified atom stereocenters. The van der Waals surface area contributed by atoms with Crippen molar-refractivity contribution in [1.29, 1.82) is 0 Å². The molecule has 5 rings (SSSR count). The maximum absolute atomic E-state index is 7.77. The number of hydrogen-bond donors (Lipinski definition) is 0. The molecule has 26 heavy (non-hydrogen) atoms. The predicted octanol–water partition coefficient (Wildman–Crippen LogP) is 5.78. The summed E-state index contributed by atoms with van der Waals surface area (Å²) in [6.45, 7) is 0. The molecule has 126 valence electrons. The van der Waals surface area contributed by atoms with Crippen LogP contribution in [0.4, 0.5) is 0 Å². The maximum atomic E-state index is 7.77. The van der Waals surface area contributed by atoms with Gasteiger partial charge in [-0.1, -0.05) is 103 Å². The molecule has 0 aromatic heterocycles. The summed E-state index contributed by atoms with van der Waals surface area (Å²) in [4.78, 5) is 0. The first-order valence-corrected chi connectivity index (χ1v) is 12.2.